The third-order valence-electron chi connectivity index (χ3n) is 17.1. The number of halogens is 1. The van der Waals surface area contributed by atoms with Crippen molar-refractivity contribution < 1.29 is 19.1 Å². The fraction of sp³-hybridized carbons (Fsp3) is 0.750. The smallest absolute Gasteiger partial charge is 0.309 e. The van der Waals surface area contributed by atoms with Gasteiger partial charge in [-0.3, -0.25) is 14.4 Å². The number of ketones is 1. The van der Waals surface area contributed by atoms with Gasteiger partial charge < -0.3 is 4.74 Å². The van der Waals surface area contributed by atoms with Crippen molar-refractivity contribution in [3.63, 3.8) is 0 Å². The monoisotopic (exact) mass is 688 g/mol. The lowest BCUT2D eigenvalue weighted by Gasteiger charge is -2.72. The number of allylic oxidation sites excluding steroid dienone is 2. The average Bonchev–Trinajstić information content (AvgIpc) is 3.34. The van der Waals surface area contributed by atoms with E-state index >= 15 is 0 Å². The second kappa shape index (κ2) is 11.5. The average molecular weight is 689 g/mol. The number of benzene rings is 1. The highest BCUT2D eigenvalue weighted by Crippen LogP contribution is 2.77. The van der Waals surface area contributed by atoms with Crippen LogP contribution in [-0.2, 0) is 25.5 Å². The molecular formula is C44H61ClO4. The molecule has 0 aromatic heterocycles. The van der Waals surface area contributed by atoms with E-state index < -0.39 is 5.41 Å². The largest absolute Gasteiger partial charge is 0.462 e. The summed E-state index contributed by atoms with van der Waals surface area (Å²) in [6.45, 7) is 21.2. The quantitative estimate of drug-likeness (QED) is 0.220. The maximum absolute atomic E-state index is 13.9. The summed E-state index contributed by atoms with van der Waals surface area (Å²) in [5.41, 5.74) is 2.64. The second-order valence-corrected chi connectivity index (χ2v) is 20.2. The minimum atomic E-state index is -0.798. The van der Waals surface area contributed by atoms with Crippen LogP contribution in [0.4, 0.5) is 0 Å². The Kier molecular flexibility index (Phi) is 8.34. The van der Waals surface area contributed by atoms with Gasteiger partial charge in [0.1, 0.15) is 6.10 Å². The number of rotatable bonds is 6. The van der Waals surface area contributed by atoms with Crippen molar-refractivity contribution in [2.45, 2.75) is 139 Å². The molecule has 0 bridgehead atoms. The van der Waals surface area contributed by atoms with Gasteiger partial charge in [0.05, 0.1) is 11.3 Å². The Labute approximate surface area is 300 Å². The zero-order chi connectivity index (χ0) is 35.5. The highest BCUT2D eigenvalue weighted by Gasteiger charge is 2.71. The Bertz CT molecular complexity index is 1570. The van der Waals surface area contributed by atoms with Gasteiger partial charge in [-0.05, 0) is 144 Å². The number of hydrogen-bond acceptors (Lipinski definition) is 4. The molecule has 0 saturated heterocycles. The summed E-state index contributed by atoms with van der Waals surface area (Å²) in [4.78, 5) is 40.6. The molecule has 6 aliphatic carbocycles. The fourth-order valence-corrected chi connectivity index (χ4v) is 14.2. The Hall–Kier alpha value is -1.94. The number of fused-ring (bicyclic) bond motifs is 7. The van der Waals surface area contributed by atoms with Crippen LogP contribution in [0.3, 0.4) is 0 Å². The first-order valence-electron chi connectivity index (χ1n) is 19.6. The van der Waals surface area contributed by atoms with E-state index in [1.54, 1.807) is 0 Å². The third kappa shape index (κ3) is 4.83. The van der Waals surface area contributed by atoms with Crippen molar-refractivity contribution in [3.8, 4) is 0 Å². The maximum atomic E-state index is 13.9. The number of hydrogen-bond donors (Lipinski definition) is 0. The number of ether oxygens (including phenoxy) is 1. The molecule has 1 aromatic carbocycles. The standard InChI is InChI=1S/C44H61ClO4/c1-26(2)35-31(46)25-44(38(45)48)22-21-42(8)29(36(35)44)15-16-33-41(7)19-18-34(40(5,6)32(41)17-20-43(33,42)9)49-37(47)30-24-28(39(30,3)4)23-27-13-11-10-12-14-27/h10-14,26,28-30,32-34H,15-25H2,1-9H3/t28-,29-,30-,32+,33-,34+,41+,42-,43-,44-/m1/s1. The van der Waals surface area contributed by atoms with Crippen molar-refractivity contribution in [2.75, 3.05) is 0 Å². The molecule has 5 saturated carbocycles. The Morgan fingerprint density at radius 1 is 0.837 bits per heavy atom. The van der Waals surface area contributed by atoms with Crippen molar-refractivity contribution in [3.05, 3.63) is 47.0 Å². The molecule has 7 rings (SSSR count). The van der Waals surface area contributed by atoms with Gasteiger partial charge in [-0.1, -0.05) is 92.6 Å². The molecule has 4 nitrogen and oxygen atoms in total. The van der Waals surface area contributed by atoms with Crippen LogP contribution in [0.1, 0.15) is 132 Å². The van der Waals surface area contributed by atoms with Crippen LogP contribution >= 0.6 is 11.6 Å². The van der Waals surface area contributed by atoms with Crippen LogP contribution in [0.2, 0.25) is 0 Å². The van der Waals surface area contributed by atoms with Gasteiger partial charge in [0.25, 0.3) is 0 Å². The second-order valence-electron chi connectivity index (χ2n) is 19.8. The van der Waals surface area contributed by atoms with Gasteiger partial charge in [-0.2, -0.15) is 0 Å². The van der Waals surface area contributed by atoms with E-state index in [-0.39, 0.29) is 74.3 Å². The molecule has 6 aliphatic rings. The van der Waals surface area contributed by atoms with E-state index in [0.717, 1.165) is 68.9 Å². The number of carbonyl (C=O) groups is 3. The zero-order valence-electron chi connectivity index (χ0n) is 31.7. The highest BCUT2D eigenvalue weighted by molar-refractivity contribution is 6.65. The van der Waals surface area contributed by atoms with E-state index in [4.69, 9.17) is 16.3 Å². The lowest BCUT2D eigenvalue weighted by atomic mass is 9.33. The molecule has 49 heavy (non-hydrogen) atoms. The van der Waals surface area contributed by atoms with Crippen LogP contribution in [0.5, 0.6) is 0 Å². The van der Waals surface area contributed by atoms with Crippen LogP contribution < -0.4 is 0 Å². The minimum Gasteiger partial charge on any atom is -0.462 e. The minimum absolute atomic E-state index is 0.000612. The molecule has 0 spiro atoms. The summed E-state index contributed by atoms with van der Waals surface area (Å²) < 4.78 is 6.61. The Balaban J connectivity index is 1.11. The Morgan fingerprint density at radius 3 is 2.16 bits per heavy atom. The fourth-order valence-electron chi connectivity index (χ4n) is 13.9. The van der Waals surface area contributed by atoms with Crippen molar-refractivity contribution >= 4 is 28.6 Å². The van der Waals surface area contributed by atoms with E-state index in [2.05, 4.69) is 92.6 Å². The molecule has 0 radical (unpaired) electrons. The SMILES string of the molecule is CC(C)C1=C2[C@H]3CC[C@@H]4[C@@]5(C)CC[C@H](OC(=O)[C@H]6C[C@@H](Cc7ccccc7)C6(C)C)C(C)(C)[C@@H]5CC[C@@]4(C)[C@]3(C)CC[C@@]2(C(=O)Cl)CC1=O. The number of Topliss-reactive ketones (excluding diaryl/α,β-unsaturated/α-hetero) is 1. The van der Waals surface area contributed by atoms with E-state index in [0.29, 0.717) is 24.2 Å². The third-order valence-corrected chi connectivity index (χ3v) is 17.4. The van der Waals surface area contributed by atoms with Gasteiger partial charge in [-0.15, -0.1) is 0 Å². The Morgan fingerprint density at radius 2 is 1.53 bits per heavy atom. The summed E-state index contributed by atoms with van der Waals surface area (Å²) in [5.74, 6) is 1.94. The summed E-state index contributed by atoms with van der Waals surface area (Å²) in [6, 6.07) is 10.7. The summed E-state index contributed by atoms with van der Waals surface area (Å²) in [5, 5.41) is -0.317. The van der Waals surface area contributed by atoms with Gasteiger partial charge in [0.15, 0.2) is 5.78 Å². The van der Waals surface area contributed by atoms with Crippen LogP contribution in [-0.4, -0.2) is 23.1 Å². The van der Waals surface area contributed by atoms with Crippen LogP contribution in [0.15, 0.2) is 41.5 Å². The summed E-state index contributed by atoms with van der Waals surface area (Å²) >= 11 is 6.45. The topological polar surface area (TPSA) is 60.4 Å². The molecule has 5 fully saturated rings. The molecule has 5 heteroatoms. The lowest BCUT2D eigenvalue weighted by molar-refractivity contribution is -0.236. The molecule has 268 valence electrons. The number of carbonyl (C=O) groups excluding carboxylic acids is 3. The normalized spacial score (nSPS) is 43.5. The highest BCUT2D eigenvalue weighted by atomic mass is 35.5. The first kappa shape index (κ1) is 35.5. The summed E-state index contributed by atoms with van der Waals surface area (Å²) in [7, 11) is 0. The molecule has 0 unspecified atom stereocenters. The van der Waals surface area contributed by atoms with Gasteiger partial charge in [0, 0.05) is 11.8 Å². The van der Waals surface area contributed by atoms with E-state index in [1.807, 2.05) is 0 Å². The van der Waals surface area contributed by atoms with Crippen molar-refractivity contribution in [2.24, 2.45) is 68.0 Å². The molecule has 0 N–H and O–H groups in total. The molecular weight excluding hydrogens is 628 g/mol. The molecule has 0 heterocycles. The zero-order valence-corrected chi connectivity index (χ0v) is 32.5. The van der Waals surface area contributed by atoms with E-state index in [9.17, 15) is 14.4 Å². The molecule has 1 aromatic rings. The molecule has 0 amide bonds. The van der Waals surface area contributed by atoms with Crippen LogP contribution in [0, 0.1) is 68.0 Å². The predicted molar refractivity (Wildman–Crippen MR) is 196 cm³/mol. The first-order chi connectivity index (χ1) is 22.8. The van der Waals surface area contributed by atoms with Crippen molar-refractivity contribution in [1.29, 1.82) is 0 Å². The maximum Gasteiger partial charge on any atom is 0.309 e. The van der Waals surface area contributed by atoms with Crippen LogP contribution in [0.25, 0.3) is 0 Å². The molecule has 10 atom stereocenters. The predicted octanol–water partition coefficient (Wildman–Crippen LogP) is 10.5. The van der Waals surface area contributed by atoms with Gasteiger partial charge in [0.2, 0.25) is 5.24 Å². The first-order valence-corrected chi connectivity index (χ1v) is 19.9. The molecule has 0 aliphatic heterocycles. The van der Waals surface area contributed by atoms with Gasteiger partial charge in [-0.25, -0.2) is 0 Å². The lowest BCUT2D eigenvalue weighted by Crippen LogP contribution is -2.66. The van der Waals surface area contributed by atoms with Gasteiger partial charge >= 0.3 is 5.97 Å². The number of esters is 1. The van der Waals surface area contributed by atoms with Crippen molar-refractivity contribution in [1.82, 2.24) is 0 Å². The van der Waals surface area contributed by atoms with E-state index in [1.165, 1.54) is 5.56 Å². The summed E-state index contributed by atoms with van der Waals surface area (Å²) in [6.07, 6.45) is 10.1.